The van der Waals surface area contributed by atoms with E-state index >= 15 is 0 Å². The third-order valence-electron chi connectivity index (χ3n) is 2.49. The number of hydrazine groups is 1. The van der Waals surface area contributed by atoms with E-state index in [-0.39, 0.29) is 24.1 Å². The molecule has 0 aromatic heterocycles. The Morgan fingerprint density at radius 3 is 2.38 bits per heavy atom. The van der Waals surface area contributed by atoms with Gasteiger partial charge in [-0.3, -0.25) is 20.4 Å². The molecular weight excluding hydrogens is 284 g/mol. The second-order valence-electron chi connectivity index (χ2n) is 4.56. The Kier molecular flexibility index (Phi) is 6.54. The van der Waals surface area contributed by atoms with Gasteiger partial charge in [0.25, 0.3) is 5.91 Å². The van der Waals surface area contributed by atoms with E-state index in [2.05, 4.69) is 15.6 Å². The zero-order chi connectivity index (χ0) is 15.8. The van der Waals surface area contributed by atoms with Crippen LogP contribution >= 0.6 is 0 Å². The minimum atomic E-state index is -2.85. The molecular formula is C13H18F2N3O3+. The molecule has 21 heavy (non-hydrogen) atoms. The van der Waals surface area contributed by atoms with E-state index in [9.17, 15) is 18.4 Å². The predicted octanol–water partition coefficient (Wildman–Crippen LogP) is -0.530. The molecule has 116 valence electrons. The zero-order valence-electron chi connectivity index (χ0n) is 11.8. The number of amides is 2. The van der Waals surface area contributed by atoms with E-state index < -0.39 is 6.61 Å². The standard InChI is InChI=1S/C13H17F2N3O3/c1-9(19)16-17-12(20)8-18(2)7-10-3-5-11(6-4-10)21-13(14)15/h3-6,13H,7-8H2,1-2H3,(H,16,19)(H,17,20)/p+1. The van der Waals surface area contributed by atoms with E-state index in [1.54, 1.807) is 19.2 Å². The Balaban J connectivity index is 2.41. The summed E-state index contributed by atoms with van der Waals surface area (Å²) < 4.78 is 28.3. The summed E-state index contributed by atoms with van der Waals surface area (Å²) in [7, 11) is 1.80. The Labute approximate surface area is 121 Å². The van der Waals surface area contributed by atoms with E-state index in [1.807, 2.05) is 0 Å². The molecule has 1 aromatic rings. The third-order valence-corrected chi connectivity index (χ3v) is 2.49. The molecule has 8 heteroatoms. The lowest BCUT2D eigenvalue weighted by Crippen LogP contribution is -3.09. The highest BCUT2D eigenvalue weighted by atomic mass is 19.3. The van der Waals surface area contributed by atoms with Crippen molar-refractivity contribution in [3.63, 3.8) is 0 Å². The fraction of sp³-hybridized carbons (Fsp3) is 0.385. The Hall–Kier alpha value is -2.22. The van der Waals surface area contributed by atoms with E-state index in [0.717, 1.165) is 10.5 Å². The molecule has 0 radical (unpaired) electrons. The number of ether oxygens (including phenoxy) is 1. The average molecular weight is 302 g/mol. The smallest absolute Gasteiger partial charge is 0.387 e. The van der Waals surface area contributed by atoms with Crippen LogP contribution < -0.4 is 20.5 Å². The number of rotatable bonds is 6. The van der Waals surface area contributed by atoms with Crippen LogP contribution in [0.3, 0.4) is 0 Å². The first kappa shape index (κ1) is 16.8. The lowest BCUT2D eigenvalue weighted by atomic mass is 10.2. The predicted molar refractivity (Wildman–Crippen MR) is 70.5 cm³/mol. The number of carbonyl (C=O) groups excluding carboxylic acids is 2. The van der Waals surface area contributed by atoms with Crippen molar-refractivity contribution >= 4 is 11.8 Å². The monoisotopic (exact) mass is 302 g/mol. The lowest BCUT2D eigenvalue weighted by Gasteiger charge is -2.14. The number of halogens is 2. The molecule has 3 N–H and O–H groups in total. The van der Waals surface area contributed by atoms with Crippen molar-refractivity contribution in [2.75, 3.05) is 13.6 Å². The maximum absolute atomic E-state index is 12.0. The highest BCUT2D eigenvalue weighted by Crippen LogP contribution is 2.14. The van der Waals surface area contributed by atoms with Crippen molar-refractivity contribution in [2.24, 2.45) is 0 Å². The van der Waals surface area contributed by atoms with Gasteiger partial charge in [0.1, 0.15) is 12.3 Å². The van der Waals surface area contributed by atoms with Crippen LogP contribution in [-0.4, -0.2) is 32.0 Å². The zero-order valence-corrected chi connectivity index (χ0v) is 11.8. The maximum Gasteiger partial charge on any atom is 0.387 e. The SMILES string of the molecule is CC(=O)NNC(=O)C[NH+](C)Cc1ccc(OC(F)F)cc1. The summed E-state index contributed by atoms with van der Waals surface area (Å²) >= 11 is 0. The minimum absolute atomic E-state index is 0.0924. The van der Waals surface area contributed by atoms with Gasteiger partial charge in [0, 0.05) is 12.5 Å². The number of hydrogen-bond donors (Lipinski definition) is 3. The van der Waals surface area contributed by atoms with Crippen molar-refractivity contribution in [1.82, 2.24) is 10.9 Å². The summed E-state index contributed by atoms with van der Waals surface area (Å²) in [4.78, 5) is 23.0. The molecule has 0 spiro atoms. The van der Waals surface area contributed by atoms with Crippen LogP contribution in [0, 0.1) is 0 Å². The summed E-state index contributed by atoms with van der Waals surface area (Å²) in [5, 5.41) is 0. The molecule has 2 amide bonds. The molecule has 1 aromatic carbocycles. The van der Waals surface area contributed by atoms with Gasteiger partial charge in [0.2, 0.25) is 5.91 Å². The van der Waals surface area contributed by atoms with Gasteiger partial charge in [-0.2, -0.15) is 8.78 Å². The maximum atomic E-state index is 12.0. The first-order chi connectivity index (χ1) is 9.86. The highest BCUT2D eigenvalue weighted by molar-refractivity contribution is 5.81. The normalized spacial score (nSPS) is 11.9. The van der Waals surface area contributed by atoms with Crippen LogP contribution in [0.1, 0.15) is 12.5 Å². The molecule has 0 aliphatic carbocycles. The molecule has 0 saturated carbocycles. The van der Waals surface area contributed by atoms with Gasteiger partial charge < -0.3 is 9.64 Å². The van der Waals surface area contributed by atoms with Crippen LogP contribution in [0.2, 0.25) is 0 Å². The van der Waals surface area contributed by atoms with Crippen molar-refractivity contribution in [2.45, 2.75) is 20.1 Å². The molecule has 1 atom stereocenters. The number of alkyl halides is 2. The Morgan fingerprint density at radius 2 is 1.86 bits per heavy atom. The first-order valence-corrected chi connectivity index (χ1v) is 6.27. The van der Waals surface area contributed by atoms with Crippen molar-refractivity contribution in [1.29, 1.82) is 0 Å². The molecule has 1 unspecified atom stereocenters. The largest absolute Gasteiger partial charge is 0.435 e. The van der Waals surface area contributed by atoms with Gasteiger partial charge in [-0.25, -0.2) is 0 Å². The van der Waals surface area contributed by atoms with E-state index in [4.69, 9.17) is 0 Å². The van der Waals surface area contributed by atoms with Crippen LogP contribution in [0.25, 0.3) is 0 Å². The van der Waals surface area contributed by atoms with Crippen LogP contribution in [0.15, 0.2) is 24.3 Å². The molecule has 0 bridgehead atoms. The highest BCUT2D eigenvalue weighted by Gasteiger charge is 2.11. The summed E-state index contributed by atoms with van der Waals surface area (Å²) in [5.74, 6) is -0.578. The summed E-state index contributed by atoms with van der Waals surface area (Å²) in [5.41, 5.74) is 5.34. The number of nitrogens with one attached hydrogen (secondary N) is 3. The molecule has 1 rings (SSSR count). The molecule has 0 saturated heterocycles. The number of likely N-dealkylation sites (N-methyl/N-ethyl adjacent to an activating group) is 1. The van der Waals surface area contributed by atoms with Gasteiger partial charge in [0.05, 0.1) is 7.05 Å². The molecule has 0 aliphatic rings. The van der Waals surface area contributed by atoms with Crippen molar-refractivity contribution < 1.29 is 28.0 Å². The number of quaternary nitrogens is 1. The minimum Gasteiger partial charge on any atom is -0.435 e. The second-order valence-corrected chi connectivity index (χ2v) is 4.56. The molecule has 6 nitrogen and oxygen atoms in total. The number of carbonyl (C=O) groups is 2. The first-order valence-electron chi connectivity index (χ1n) is 6.27. The van der Waals surface area contributed by atoms with Crippen LogP contribution in [-0.2, 0) is 16.1 Å². The van der Waals surface area contributed by atoms with Gasteiger partial charge in [0.15, 0.2) is 6.54 Å². The quantitative estimate of drug-likeness (QED) is 0.619. The summed E-state index contributed by atoms with van der Waals surface area (Å²) in [6.07, 6.45) is 0. The summed E-state index contributed by atoms with van der Waals surface area (Å²) in [6.45, 7) is -0.862. The molecule has 0 heterocycles. The van der Waals surface area contributed by atoms with Gasteiger partial charge in [-0.15, -0.1) is 0 Å². The fourth-order valence-electron chi connectivity index (χ4n) is 1.68. The molecule has 0 aliphatic heterocycles. The Morgan fingerprint density at radius 1 is 1.24 bits per heavy atom. The van der Waals surface area contributed by atoms with Crippen molar-refractivity contribution in [3.8, 4) is 5.75 Å². The number of benzene rings is 1. The topological polar surface area (TPSA) is 71.9 Å². The van der Waals surface area contributed by atoms with Crippen LogP contribution in [0.4, 0.5) is 8.78 Å². The van der Waals surface area contributed by atoms with Crippen LogP contribution in [0.5, 0.6) is 5.75 Å². The van der Waals surface area contributed by atoms with E-state index in [1.165, 1.54) is 19.1 Å². The summed E-state index contributed by atoms with van der Waals surface area (Å²) in [6, 6.07) is 6.22. The van der Waals surface area contributed by atoms with Crippen molar-refractivity contribution in [3.05, 3.63) is 29.8 Å². The van der Waals surface area contributed by atoms with Gasteiger partial charge in [-0.05, 0) is 24.3 Å². The lowest BCUT2D eigenvalue weighted by molar-refractivity contribution is -0.885. The van der Waals surface area contributed by atoms with E-state index in [0.29, 0.717) is 6.54 Å². The number of hydrogen-bond acceptors (Lipinski definition) is 3. The van der Waals surface area contributed by atoms with Gasteiger partial charge in [-0.1, -0.05) is 0 Å². The van der Waals surface area contributed by atoms with Gasteiger partial charge >= 0.3 is 6.61 Å². The fourth-order valence-corrected chi connectivity index (χ4v) is 1.68. The average Bonchev–Trinajstić information content (AvgIpc) is 2.38. The molecule has 0 fully saturated rings. The Bertz CT molecular complexity index is 480. The second kappa shape index (κ2) is 8.15. The third kappa shape index (κ3) is 7.21.